The van der Waals surface area contributed by atoms with E-state index >= 15 is 0 Å². The van der Waals surface area contributed by atoms with Crippen LogP contribution in [0.3, 0.4) is 0 Å². The third kappa shape index (κ3) is 4.42. The fourth-order valence-corrected chi connectivity index (χ4v) is 3.22. The highest BCUT2D eigenvalue weighted by Crippen LogP contribution is 2.26. The number of carbonyl (C=O) groups is 2. The molecule has 2 aromatic rings. The number of anilines is 3. The number of para-hydroxylation sites is 1. The van der Waals surface area contributed by atoms with Crippen molar-refractivity contribution < 1.29 is 9.59 Å². The molecule has 0 atom stereocenters. The van der Waals surface area contributed by atoms with Gasteiger partial charge in [-0.15, -0.1) is 0 Å². The van der Waals surface area contributed by atoms with Gasteiger partial charge in [-0.3, -0.25) is 9.59 Å². The van der Waals surface area contributed by atoms with Crippen LogP contribution >= 0.6 is 0 Å². The Bertz CT molecular complexity index is 788. The third-order valence-electron chi connectivity index (χ3n) is 4.48. The number of hydrogen-bond acceptors (Lipinski definition) is 3. The van der Waals surface area contributed by atoms with Crippen LogP contribution in [0.15, 0.2) is 48.5 Å². The second-order valence-electron chi connectivity index (χ2n) is 6.51. The molecule has 2 aromatic carbocycles. The average molecular weight is 351 g/mol. The van der Waals surface area contributed by atoms with Gasteiger partial charge >= 0.3 is 0 Å². The van der Waals surface area contributed by atoms with Gasteiger partial charge in [0.2, 0.25) is 11.8 Å². The van der Waals surface area contributed by atoms with Crippen molar-refractivity contribution >= 4 is 28.9 Å². The summed E-state index contributed by atoms with van der Waals surface area (Å²) >= 11 is 0. The molecule has 0 unspecified atom stereocenters. The summed E-state index contributed by atoms with van der Waals surface area (Å²) in [6.45, 7) is 2.95. The molecule has 0 radical (unpaired) electrons. The first kappa shape index (κ1) is 18.0. The molecule has 1 aliphatic rings. The summed E-state index contributed by atoms with van der Waals surface area (Å²) in [5, 5.41) is 6.05. The highest BCUT2D eigenvalue weighted by Gasteiger charge is 2.21. The number of fused-ring (bicyclic) bond motifs is 1. The number of nitrogens with zero attached hydrogens (tertiary/aromatic N) is 1. The molecule has 0 aliphatic carbocycles. The Hall–Kier alpha value is -2.82. The van der Waals surface area contributed by atoms with Gasteiger partial charge < -0.3 is 15.5 Å². The molecule has 2 N–H and O–H groups in total. The zero-order valence-corrected chi connectivity index (χ0v) is 15.1. The van der Waals surface area contributed by atoms with Gasteiger partial charge in [-0.25, -0.2) is 0 Å². The van der Waals surface area contributed by atoms with E-state index in [2.05, 4.69) is 16.7 Å². The summed E-state index contributed by atoms with van der Waals surface area (Å²) < 4.78 is 0. The molecule has 1 aliphatic heterocycles. The van der Waals surface area contributed by atoms with Gasteiger partial charge in [0.1, 0.15) is 0 Å². The van der Waals surface area contributed by atoms with Crippen molar-refractivity contribution in [2.75, 3.05) is 28.6 Å². The zero-order chi connectivity index (χ0) is 18.4. The van der Waals surface area contributed by atoms with Crippen LogP contribution in [0.2, 0.25) is 0 Å². The fraction of sp³-hybridized carbons (Fsp3) is 0.333. The van der Waals surface area contributed by atoms with Gasteiger partial charge in [-0.2, -0.15) is 0 Å². The van der Waals surface area contributed by atoms with Gasteiger partial charge in [0.15, 0.2) is 0 Å². The molecule has 2 amide bonds. The van der Waals surface area contributed by atoms with Crippen molar-refractivity contribution in [3.8, 4) is 0 Å². The minimum atomic E-state index is 0.00523. The van der Waals surface area contributed by atoms with Crippen LogP contribution in [0, 0.1) is 0 Å². The van der Waals surface area contributed by atoms with Crippen LogP contribution < -0.4 is 15.5 Å². The number of amides is 2. The Morgan fingerprint density at radius 1 is 1.08 bits per heavy atom. The van der Waals surface area contributed by atoms with Crippen LogP contribution in [0.25, 0.3) is 0 Å². The van der Waals surface area contributed by atoms with E-state index in [0.29, 0.717) is 6.42 Å². The molecule has 0 bridgehead atoms. The number of rotatable bonds is 6. The summed E-state index contributed by atoms with van der Waals surface area (Å²) in [6.07, 6.45) is 3.33. The van der Waals surface area contributed by atoms with Gasteiger partial charge in [-0.05, 0) is 49.1 Å². The van der Waals surface area contributed by atoms with E-state index in [0.717, 1.165) is 42.9 Å². The molecule has 1 heterocycles. The summed E-state index contributed by atoms with van der Waals surface area (Å²) in [4.78, 5) is 26.3. The monoisotopic (exact) mass is 351 g/mol. The Morgan fingerprint density at radius 3 is 2.73 bits per heavy atom. The lowest BCUT2D eigenvalue weighted by Gasteiger charge is -2.29. The van der Waals surface area contributed by atoms with E-state index in [4.69, 9.17) is 0 Å². The van der Waals surface area contributed by atoms with Crippen LogP contribution in [0.5, 0.6) is 0 Å². The number of carbonyl (C=O) groups excluding carboxylic acids is 2. The fourth-order valence-electron chi connectivity index (χ4n) is 3.22. The molecule has 5 nitrogen and oxygen atoms in total. The molecule has 26 heavy (non-hydrogen) atoms. The first-order chi connectivity index (χ1) is 12.7. The minimum Gasteiger partial charge on any atom is -0.376 e. The molecule has 5 heteroatoms. The van der Waals surface area contributed by atoms with Crippen molar-refractivity contribution in [1.82, 2.24) is 0 Å². The Balaban J connectivity index is 1.61. The van der Waals surface area contributed by atoms with Crippen LogP contribution in [0.4, 0.5) is 17.1 Å². The van der Waals surface area contributed by atoms with Crippen molar-refractivity contribution in [2.45, 2.75) is 32.6 Å². The summed E-state index contributed by atoms with van der Waals surface area (Å²) in [7, 11) is 0. The molecule has 0 fully saturated rings. The molecule has 3 rings (SSSR count). The molecule has 136 valence electrons. The zero-order valence-electron chi connectivity index (χ0n) is 15.1. The Labute approximate surface area is 154 Å². The lowest BCUT2D eigenvalue weighted by Crippen LogP contribution is -2.39. The van der Waals surface area contributed by atoms with Crippen molar-refractivity contribution in [1.29, 1.82) is 0 Å². The third-order valence-corrected chi connectivity index (χ3v) is 4.48. The van der Waals surface area contributed by atoms with Crippen LogP contribution in [0.1, 0.15) is 31.7 Å². The van der Waals surface area contributed by atoms with Crippen molar-refractivity contribution in [3.63, 3.8) is 0 Å². The molecule has 0 aromatic heterocycles. The quantitative estimate of drug-likeness (QED) is 0.832. The highest BCUT2D eigenvalue weighted by molar-refractivity contribution is 5.97. The van der Waals surface area contributed by atoms with Crippen molar-refractivity contribution in [3.05, 3.63) is 54.1 Å². The second kappa shape index (κ2) is 8.52. The normalized spacial score (nSPS) is 13.0. The van der Waals surface area contributed by atoms with E-state index in [-0.39, 0.29) is 18.4 Å². The lowest BCUT2D eigenvalue weighted by molar-refractivity contribution is -0.117. The minimum absolute atomic E-state index is 0.00523. The van der Waals surface area contributed by atoms with Crippen LogP contribution in [-0.4, -0.2) is 24.9 Å². The molecule has 0 saturated carbocycles. The average Bonchev–Trinajstić information content (AvgIpc) is 2.66. The summed E-state index contributed by atoms with van der Waals surface area (Å²) in [5.74, 6) is 0.0585. The largest absolute Gasteiger partial charge is 0.376 e. The SMILES string of the molecule is CCCC(=O)Nc1cccc(NCC(=O)N2CCCc3ccccc32)c1. The van der Waals surface area contributed by atoms with Crippen LogP contribution in [-0.2, 0) is 16.0 Å². The van der Waals surface area contributed by atoms with E-state index in [9.17, 15) is 9.59 Å². The number of aryl methyl sites for hydroxylation is 1. The molecular weight excluding hydrogens is 326 g/mol. The standard InChI is InChI=1S/C21H25N3O2/c1-2-7-20(25)23-18-11-5-10-17(14-18)22-15-21(26)24-13-6-9-16-8-3-4-12-19(16)24/h3-5,8,10-12,14,22H,2,6-7,9,13,15H2,1H3,(H,23,25). The lowest BCUT2D eigenvalue weighted by atomic mass is 10.0. The Morgan fingerprint density at radius 2 is 1.88 bits per heavy atom. The number of hydrogen-bond donors (Lipinski definition) is 2. The predicted molar refractivity (Wildman–Crippen MR) is 106 cm³/mol. The van der Waals surface area contributed by atoms with E-state index in [1.54, 1.807) is 0 Å². The second-order valence-corrected chi connectivity index (χ2v) is 6.51. The maximum absolute atomic E-state index is 12.7. The predicted octanol–water partition coefficient (Wildman–Crippen LogP) is 3.82. The van der Waals surface area contributed by atoms with Gasteiger partial charge in [0, 0.05) is 30.0 Å². The van der Waals surface area contributed by atoms with Crippen molar-refractivity contribution in [2.24, 2.45) is 0 Å². The Kier molecular flexibility index (Phi) is 5.89. The first-order valence-corrected chi connectivity index (χ1v) is 9.19. The van der Waals surface area contributed by atoms with Gasteiger partial charge in [0.05, 0.1) is 6.54 Å². The topological polar surface area (TPSA) is 61.4 Å². The molecule has 0 spiro atoms. The molecular formula is C21H25N3O2. The first-order valence-electron chi connectivity index (χ1n) is 9.19. The smallest absolute Gasteiger partial charge is 0.246 e. The number of nitrogens with one attached hydrogen (secondary N) is 2. The van der Waals surface area contributed by atoms with E-state index in [1.165, 1.54) is 5.56 Å². The van der Waals surface area contributed by atoms with E-state index < -0.39 is 0 Å². The van der Waals surface area contributed by atoms with Gasteiger partial charge in [-0.1, -0.05) is 31.2 Å². The summed E-state index contributed by atoms with van der Waals surface area (Å²) in [5.41, 5.74) is 3.81. The van der Waals surface area contributed by atoms with E-state index in [1.807, 2.05) is 54.3 Å². The maximum Gasteiger partial charge on any atom is 0.246 e. The van der Waals surface area contributed by atoms with Gasteiger partial charge in [0.25, 0.3) is 0 Å². The molecule has 0 saturated heterocycles. The highest BCUT2D eigenvalue weighted by atomic mass is 16.2. The summed E-state index contributed by atoms with van der Waals surface area (Å²) in [6, 6.07) is 15.6. The maximum atomic E-state index is 12.7. The number of benzene rings is 2.